The molecular formula is C25H23ClN4O4. The lowest BCUT2D eigenvalue weighted by Crippen LogP contribution is -2.25. The van der Waals surface area contributed by atoms with Gasteiger partial charge in [-0.2, -0.15) is 0 Å². The third kappa shape index (κ3) is 4.50. The molecule has 1 atom stereocenters. The van der Waals surface area contributed by atoms with E-state index in [0.29, 0.717) is 33.7 Å². The largest absolute Gasteiger partial charge is 0.454 e. The second-order valence-corrected chi connectivity index (χ2v) is 8.25. The number of anilines is 1. The van der Waals surface area contributed by atoms with Crippen molar-refractivity contribution in [3.63, 3.8) is 0 Å². The van der Waals surface area contributed by atoms with Gasteiger partial charge in [-0.05, 0) is 56.7 Å². The van der Waals surface area contributed by atoms with Gasteiger partial charge in [-0.3, -0.25) is 19.4 Å². The topological polar surface area (TPSA) is 106 Å². The Hall–Kier alpha value is -3.75. The molecule has 0 spiro atoms. The van der Waals surface area contributed by atoms with Gasteiger partial charge in [0.25, 0.3) is 5.91 Å². The van der Waals surface area contributed by atoms with Crippen LogP contribution in [0, 0.1) is 13.8 Å². The van der Waals surface area contributed by atoms with Gasteiger partial charge in [-0.15, -0.1) is 0 Å². The van der Waals surface area contributed by atoms with E-state index < -0.39 is 5.91 Å². The number of aromatic nitrogens is 2. The maximum atomic E-state index is 13.3. The van der Waals surface area contributed by atoms with E-state index in [1.165, 1.54) is 7.11 Å². The van der Waals surface area contributed by atoms with Crippen LogP contribution in [0.15, 0.2) is 57.9 Å². The first-order chi connectivity index (χ1) is 16.3. The van der Waals surface area contributed by atoms with Crippen molar-refractivity contribution >= 4 is 34.2 Å². The molecule has 1 amide bonds. The molecule has 0 fully saturated rings. The molecule has 174 valence electrons. The molecule has 1 aromatic carbocycles. The average molecular weight is 479 g/mol. The predicted octanol–water partition coefficient (Wildman–Crippen LogP) is 4.98. The smallest absolute Gasteiger partial charge is 0.295 e. The van der Waals surface area contributed by atoms with E-state index in [4.69, 9.17) is 20.9 Å². The van der Waals surface area contributed by atoms with E-state index in [1.807, 2.05) is 32.0 Å². The van der Waals surface area contributed by atoms with E-state index in [0.717, 1.165) is 11.1 Å². The molecule has 0 aliphatic heterocycles. The zero-order valence-corrected chi connectivity index (χ0v) is 19.9. The molecule has 3 aromatic heterocycles. The third-order valence-corrected chi connectivity index (χ3v) is 5.61. The Labute approximate surface area is 200 Å². The van der Waals surface area contributed by atoms with Crippen molar-refractivity contribution in [2.24, 2.45) is 0 Å². The van der Waals surface area contributed by atoms with Crippen molar-refractivity contribution in [2.45, 2.75) is 26.8 Å². The van der Waals surface area contributed by atoms with Crippen LogP contribution in [0.4, 0.5) is 5.69 Å². The van der Waals surface area contributed by atoms with E-state index in [-0.39, 0.29) is 22.3 Å². The summed E-state index contributed by atoms with van der Waals surface area (Å²) in [7, 11) is 1.33. The lowest BCUT2D eigenvalue weighted by atomic mass is 9.99. The van der Waals surface area contributed by atoms with Crippen LogP contribution >= 0.6 is 11.6 Å². The first kappa shape index (κ1) is 23.4. The fraction of sp³-hybridized carbons (Fsp3) is 0.200. The molecule has 4 aromatic rings. The standard InChI is InChI=1S/C25H23ClN4O4/c1-13-11-16(15(3)28-18-8-9-20(26)29-21(18)25(32)30-33-4)24-17(12-13)22(31)14(2)23(34-24)19-7-5-6-10-27-19/h5-12,15,28H,1-4H3,(H,30,32)/t15-/m1/s1. The number of halogens is 1. The average Bonchev–Trinajstić information content (AvgIpc) is 2.83. The number of aryl methyl sites for hydroxylation is 1. The summed E-state index contributed by atoms with van der Waals surface area (Å²) in [5, 5.41) is 3.94. The minimum atomic E-state index is -0.548. The van der Waals surface area contributed by atoms with Gasteiger partial charge >= 0.3 is 0 Å². The summed E-state index contributed by atoms with van der Waals surface area (Å²) >= 11 is 6.01. The molecule has 3 heterocycles. The van der Waals surface area contributed by atoms with Crippen molar-refractivity contribution in [1.29, 1.82) is 0 Å². The normalized spacial score (nSPS) is 11.9. The Morgan fingerprint density at radius 3 is 2.68 bits per heavy atom. The number of hydrogen-bond acceptors (Lipinski definition) is 7. The number of hydrogen-bond donors (Lipinski definition) is 2. The number of fused-ring (bicyclic) bond motifs is 1. The minimum absolute atomic E-state index is 0.0737. The van der Waals surface area contributed by atoms with Gasteiger partial charge in [-0.25, -0.2) is 10.5 Å². The number of carbonyl (C=O) groups is 1. The molecule has 0 unspecified atom stereocenters. The van der Waals surface area contributed by atoms with Crippen LogP contribution < -0.4 is 16.2 Å². The minimum Gasteiger partial charge on any atom is -0.454 e. The number of hydroxylamine groups is 1. The van der Waals surface area contributed by atoms with E-state index in [1.54, 1.807) is 37.4 Å². The predicted molar refractivity (Wildman–Crippen MR) is 131 cm³/mol. The second kappa shape index (κ2) is 9.62. The summed E-state index contributed by atoms with van der Waals surface area (Å²) in [5.41, 5.74) is 5.82. The highest BCUT2D eigenvalue weighted by Crippen LogP contribution is 2.32. The molecule has 0 saturated carbocycles. The summed E-state index contributed by atoms with van der Waals surface area (Å²) in [6.07, 6.45) is 1.65. The van der Waals surface area contributed by atoms with Crippen LogP contribution in [0.1, 0.15) is 40.1 Å². The van der Waals surface area contributed by atoms with Crippen LogP contribution in [-0.2, 0) is 4.84 Å². The van der Waals surface area contributed by atoms with E-state index in [2.05, 4.69) is 20.8 Å². The number of nitrogens with one attached hydrogen (secondary N) is 2. The van der Waals surface area contributed by atoms with Crippen LogP contribution in [0.5, 0.6) is 0 Å². The first-order valence-corrected chi connectivity index (χ1v) is 10.9. The number of rotatable bonds is 6. The van der Waals surface area contributed by atoms with Gasteiger partial charge in [0.1, 0.15) is 16.4 Å². The molecule has 34 heavy (non-hydrogen) atoms. The summed E-state index contributed by atoms with van der Waals surface area (Å²) in [4.78, 5) is 38.9. The number of carbonyl (C=O) groups excluding carboxylic acids is 1. The molecule has 0 bridgehead atoms. The molecule has 0 aliphatic rings. The molecular weight excluding hydrogens is 456 g/mol. The maximum Gasteiger partial charge on any atom is 0.295 e. The summed E-state index contributed by atoms with van der Waals surface area (Å²) in [6.45, 7) is 5.55. The Morgan fingerprint density at radius 1 is 1.18 bits per heavy atom. The zero-order valence-electron chi connectivity index (χ0n) is 19.1. The first-order valence-electron chi connectivity index (χ1n) is 10.6. The van der Waals surface area contributed by atoms with Crippen molar-refractivity contribution in [3.8, 4) is 11.5 Å². The van der Waals surface area contributed by atoms with Crippen molar-refractivity contribution in [2.75, 3.05) is 12.4 Å². The Kier molecular flexibility index (Phi) is 6.63. The molecule has 4 rings (SSSR count). The van der Waals surface area contributed by atoms with Gasteiger partial charge in [0.2, 0.25) is 0 Å². The quantitative estimate of drug-likeness (QED) is 0.297. The van der Waals surface area contributed by atoms with Gasteiger partial charge in [0, 0.05) is 17.3 Å². The summed E-state index contributed by atoms with van der Waals surface area (Å²) < 4.78 is 6.30. The number of pyridine rings is 2. The Morgan fingerprint density at radius 2 is 1.97 bits per heavy atom. The van der Waals surface area contributed by atoms with Crippen molar-refractivity contribution < 1.29 is 14.0 Å². The van der Waals surface area contributed by atoms with Crippen molar-refractivity contribution in [1.82, 2.24) is 15.4 Å². The van der Waals surface area contributed by atoms with E-state index >= 15 is 0 Å². The Balaban J connectivity index is 1.84. The van der Waals surface area contributed by atoms with Crippen LogP contribution in [-0.4, -0.2) is 23.0 Å². The summed E-state index contributed by atoms with van der Waals surface area (Å²) in [5.74, 6) is -0.128. The zero-order chi connectivity index (χ0) is 24.4. The lowest BCUT2D eigenvalue weighted by Gasteiger charge is -2.20. The van der Waals surface area contributed by atoms with Crippen LogP contribution in [0.25, 0.3) is 22.4 Å². The molecule has 0 saturated heterocycles. The summed E-state index contributed by atoms with van der Waals surface area (Å²) in [6, 6.07) is 12.1. The SMILES string of the molecule is CONC(=O)c1nc(Cl)ccc1N[C@H](C)c1cc(C)cc2c(=O)c(C)c(-c3ccccn3)oc12. The van der Waals surface area contributed by atoms with E-state index in [9.17, 15) is 9.59 Å². The van der Waals surface area contributed by atoms with Gasteiger partial charge in [-0.1, -0.05) is 23.7 Å². The maximum absolute atomic E-state index is 13.3. The monoisotopic (exact) mass is 478 g/mol. The second-order valence-electron chi connectivity index (χ2n) is 7.86. The molecule has 2 N–H and O–H groups in total. The number of benzene rings is 1. The van der Waals surface area contributed by atoms with Gasteiger partial charge in [0.15, 0.2) is 16.9 Å². The molecule has 9 heteroatoms. The van der Waals surface area contributed by atoms with Crippen LogP contribution in [0.3, 0.4) is 0 Å². The lowest BCUT2D eigenvalue weighted by molar-refractivity contribution is 0.0533. The third-order valence-electron chi connectivity index (χ3n) is 5.40. The van der Waals surface area contributed by atoms with Crippen molar-refractivity contribution in [3.05, 3.63) is 86.4 Å². The van der Waals surface area contributed by atoms with Crippen LogP contribution in [0.2, 0.25) is 5.15 Å². The Bertz CT molecular complexity index is 1440. The fourth-order valence-electron chi connectivity index (χ4n) is 3.81. The number of amides is 1. The van der Waals surface area contributed by atoms with Gasteiger partial charge < -0.3 is 9.73 Å². The molecule has 0 aliphatic carbocycles. The highest BCUT2D eigenvalue weighted by atomic mass is 35.5. The molecule has 0 radical (unpaired) electrons. The molecule has 8 nitrogen and oxygen atoms in total. The fourth-order valence-corrected chi connectivity index (χ4v) is 3.96. The van der Waals surface area contributed by atoms with Gasteiger partial charge in [0.05, 0.1) is 24.2 Å². The highest BCUT2D eigenvalue weighted by molar-refractivity contribution is 6.29. The number of nitrogens with zero attached hydrogens (tertiary/aromatic N) is 2. The highest BCUT2D eigenvalue weighted by Gasteiger charge is 2.21.